The molecule has 272 valence electrons. The summed E-state index contributed by atoms with van der Waals surface area (Å²) in [5.41, 5.74) is -0.138. The first-order valence-electron chi connectivity index (χ1n) is 17.8. The SMILES string of the molecule is COC[C@@H]1NC(=O)CC/C=C\CN(c2ccc(OC)cc2)C(=O)[C@H]2N(CCCCCCO)C(=O)[C@@H]3[C@@H](C(=O)O[C@H]1c1ccccc1)[C@H]1C=C[C@]32O1. The lowest BCUT2D eigenvalue weighted by molar-refractivity contribution is -0.162. The molecule has 4 aliphatic rings. The number of aliphatic hydroxyl groups is 1. The third kappa shape index (κ3) is 7.31. The number of unbranched alkanes of at least 4 members (excludes halogenated alkanes) is 3. The van der Waals surface area contributed by atoms with E-state index < -0.39 is 47.7 Å². The number of nitrogens with one attached hydrogen (secondary N) is 1. The second-order valence-electron chi connectivity index (χ2n) is 13.4. The summed E-state index contributed by atoms with van der Waals surface area (Å²) in [4.78, 5) is 60.4. The molecule has 6 rings (SSSR count). The minimum absolute atomic E-state index is 0.0721. The molecule has 51 heavy (non-hydrogen) atoms. The number of allylic oxidation sites excluding steroid dienone is 1. The van der Waals surface area contributed by atoms with Crippen LogP contribution in [-0.2, 0) is 33.4 Å². The summed E-state index contributed by atoms with van der Waals surface area (Å²) >= 11 is 0. The van der Waals surface area contributed by atoms with Crippen LogP contribution in [-0.4, -0.2) is 98.0 Å². The maximum absolute atomic E-state index is 15.0. The average molecular weight is 702 g/mol. The molecule has 2 N–H and O–H groups in total. The van der Waals surface area contributed by atoms with Crippen molar-refractivity contribution < 1.29 is 43.2 Å². The van der Waals surface area contributed by atoms with Gasteiger partial charge in [-0.15, -0.1) is 0 Å². The number of rotatable bonds is 11. The molecule has 0 unspecified atom stereocenters. The number of cyclic esters (lactones) is 1. The zero-order valence-electron chi connectivity index (χ0n) is 29.1. The second-order valence-corrected chi connectivity index (χ2v) is 13.4. The van der Waals surface area contributed by atoms with E-state index in [1.54, 1.807) is 53.3 Å². The number of anilines is 1. The van der Waals surface area contributed by atoms with E-state index in [9.17, 15) is 24.3 Å². The monoisotopic (exact) mass is 701 g/mol. The number of hydrogen-bond donors (Lipinski definition) is 2. The van der Waals surface area contributed by atoms with E-state index in [2.05, 4.69) is 5.32 Å². The van der Waals surface area contributed by atoms with Crippen molar-refractivity contribution in [2.75, 3.05) is 45.4 Å². The molecule has 5 bridgehead atoms. The Morgan fingerprint density at radius 3 is 2.43 bits per heavy atom. The Bertz CT molecular complexity index is 1610. The molecule has 2 aromatic carbocycles. The fourth-order valence-corrected chi connectivity index (χ4v) is 7.84. The van der Waals surface area contributed by atoms with Gasteiger partial charge in [0.2, 0.25) is 11.8 Å². The van der Waals surface area contributed by atoms with Crippen LogP contribution in [0.25, 0.3) is 0 Å². The van der Waals surface area contributed by atoms with E-state index in [4.69, 9.17) is 18.9 Å². The Morgan fingerprint density at radius 2 is 1.71 bits per heavy atom. The first-order chi connectivity index (χ1) is 24.8. The highest BCUT2D eigenvalue weighted by molar-refractivity contribution is 6.05. The molecule has 0 aromatic heterocycles. The average Bonchev–Trinajstić information content (AvgIpc) is 3.79. The maximum Gasteiger partial charge on any atom is 0.313 e. The number of amides is 3. The third-order valence-electron chi connectivity index (χ3n) is 10.3. The van der Waals surface area contributed by atoms with E-state index in [1.165, 1.54) is 7.11 Å². The predicted octanol–water partition coefficient (Wildman–Crippen LogP) is 3.50. The van der Waals surface area contributed by atoms with Gasteiger partial charge >= 0.3 is 5.97 Å². The Morgan fingerprint density at radius 1 is 0.941 bits per heavy atom. The molecule has 0 aliphatic carbocycles. The molecular formula is C39H47N3O9. The zero-order chi connectivity index (χ0) is 36.0. The topological polar surface area (TPSA) is 144 Å². The molecular weight excluding hydrogens is 654 g/mol. The van der Waals surface area contributed by atoms with Crippen LogP contribution in [0, 0.1) is 11.8 Å². The Kier molecular flexibility index (Phi) is 11.5. The quantitative estimate of drug-likeness (QED) is 0.205. The summed E-state index contributed by atoms with van der Waals surface area (Å²) in [5, 5.41) is 12.3. The smallest absolute Gasteiger partial charge is 0.313 e. The van der Waals surface area contributed by atoms with Gasteiger partial charge in [0.05, 0.1) is 31.8 Å². The summed E-state index contributed by atoms with van der Waals surface area (Å²) < 4.78 is 23.7. The van der Waals surface area contributed by atoms with Gasteiger partial charge in [0.15, 0.2) is 0 Å². The highest BCUT2D eigenvalue weighted by Gasteiger charge is 2.73. The van der Waals surface area contributed by atoms with Gasteiger partial charge in [-0.2, -0.15) is 0 Å². The minimum Gasteiger partial charge on any atom is -0.497 e. The van der Waals surface area contributed by atoms with E-state index >= 15 is 0 Å². The van der Waals surface area contributed by atoms with Gasteiger partial charge in [0.25, 0.3) is 5.91 Å². The van der Waals surface area contributed by atoms with Gasteiger partial charge in [-0.1, -0.05) is 67.5 Å². The summed E-state index contributed by atoms with van der Waals surface area (Å²) in [7, 11) is 3.08. The van der Waals surface area contributed by atoms with Crippen molar-refractivity contribution in [3.05, 3.63) is 84.5 Å². The molecule has 12 heteroatoms. The summed E-state index contributed by atoms with van der Waals surface area (Å²) in [6.07, 6.45) is 8.90. The van der Waals surface area contributed by atoms with Crippen LogP contribution in [0.5, 0.6) is 5.75 Å². The number of methoxy groups -OCH3 is 2. The van der Waals surface area contributed by atoms with Crippen molar-refractivity contribution in [2.45, 2.75) is 68.4 Å². The number of likely N-dealkylation sites (tertiary alicyclic amines) is 1. The number of esters is 1. The lowest BCUT2D eigenvalue weighted by atomic mass is 9.74. The predicted molar refractivity (Wildman–Crippen MR) is 188 cm³/mol. The van der Waals surface area contributed by atoms with Crippen molar-refractivity contribution in [3.63, 3.8) is 0 Å². The Balaban J connectivity index is 1.42. The van der Waals surface area contributed by atoms with Crippen molar-refractivity contribution in [2.24, 2.45) is 11.8 Å². The summed E-state index contributed by atoms with van der Waals surface area (Å²) in [6.45, 7) is 0.609. The molecule has 12 nitrogen and oxygen atoms in total. The van der Waals surface area contributed by atoms with E-state index in [-0.39, 0.29) is 50.4 Å². The lowest BCUT2D eigenvalue weighted by Crippen LogP contribution is -2.56. The van der Waals surface area contributed by atoms with Crippen LogP contribution in [0.4, 0.5) is 5.69 Å². The molecule has 2 fully saturated rings. The molecule has 4 heterocycles. The normalized spacial score (nSPS) is 29.9. The van der Waals surface area contributed by atoms with Crippen LogP contribution in [0.1, 0.15) is 50.2 Å². The van der Waals surface area contributed by atoms with Gasteiger partial charge < -0.3 is 39.2 Å². The molecule has 2 aromatic rings. The summed E-state index contributed by atoms with van der Waals surface area (Å²) in [5.74, 6) is -2.98. The third-order valence-corrected chi connectivity index (χ3v) is 10.3. The van der Waals surface area contributed by atoms with Crippen molar-refractivity contribution in [3.8, 4) is 5.75 Å². The van der Waals surface area contributed by atoms with Crippen molar-refractivity contribution in [1.82, 2.24) is 10.2 Å². The number of aliphatic hydroxyl groups excluding tert-OH is 1. The number of nitrogens with zero attached hydrogens (tertiary/aromatic N) is 2. The molecule has 1 spiro atoms. The molecule has 3 amide bonds. The van der Waals surface area contributed by atoms with Crippen LogP contribution in [0.3, 0.4) is 0 Å². The summed E-state index contributed by atoms with van der Waals surface area (Å²) in [6, 6.07) is 14.5. The van der Waals surface area contributed by atoms with Gasteiger partial charge in [0.1, 0.15) is 29.4 Å². The maximum atomic E-state index is 15.0. The van der Waals surface area contributed by atoms with Gasteiger partial charge in [-0.25, -0.2) is 0 Å². The molecule has 4 aliphatic heterocycles. The molecule has 0 radical (unpaired) electrons. The Hall–Kier alpha value is -4.52. The van der Waals surface area contributed by atoms with E-state index in [1.807, 2.05) is 42.5 Å². The number of fused-ring (bicyclic) bond motifs is 2. The van der Waals surface area contributed by atoms with Gasteiger partial charge in [-0.05, 0) is 49.1 Å². The zero-order valence-corrected chi connectivity index (χ0v) is 29.1. The lowest BCUT2D eigenvalue weighted by Gasteiger charge is -2.36. The van der Waals surface area contributed by atoms with E-state index in [0.717, 1.165) is 12.8 Å². The number of hydrogen-bond acceptors (Lipinski definition) is 9. The van der Waals surface area contributed by atoms with Crippen molar-refractivity contribution >= 4 is 29.4 Å². The molecule has 7 atom stereocenters. The number of carbonyl (C=O) groups is 4. The fourth-order valence-electron chi connectivity index (χ4n) is 7.84. The van der Waals surface area contributed by atoms with Crippen LogP contribution >= 0.6 is 0 Å². The number of ether oxygens (including phenoxy) is 4. The number of benzene rings is 2. The molecule has 0 saturated carbocycles. The van der Waals surface area contributed by atoms with Gasteiger partial charge in [-0.3, -0.25) is 19.2 Å². The standard InChI is InChI=1S/C39H47N3O9/c1-48-25-29-34(26-13-7-5-8-14-26)50-38(47)32-30-20-21-39(51-30)33(32)36(45)42(23-10-3-4-12-24-43)35(39)37(46)41(22-11-6-9-15-31(44)40-29)27-16-18-28(49-2)19-17-27/h5-8,11,13-14,16-21,29-30,32-35,43H,3-4,9-10,12,15,22-25H2,1-2H3,(H,40,44)/b11-6-/t29-,30+,32-,33-,34-,35+,39-/m0/s1. The van der Waals surface area contributed by atoms with Crippen LogP contribution < -0.4 is 15.0 Å². The van der Waals surface area contributed by atoms with Crippen LogP contribution in [0.15, 0.2) is 78.9 Å². The van der Waals surface area contributed by atoms with Gasteiger partial charge in [0, 0.05) is 38.9 Å². The van der Waals surface area contributed by atoms with E-state index in [0.29, 0.717) is 36.3 Å². The first-order valence-corrected chi connectivity index (χ1v) is 17.8. The molecule has 2 saturated heterocycles. The Labute approximate surface area is 298 Å². The highest BCUT2D eigenvalue weighted by Crippen LogP contribution is 2.56. The fraction of sp³-hybridized carbons (Fsp3) is 0.487. The van der Waals surface area contributed by atoms with Crippen molar-refractivity contribution in [1.29, 1.82) is 0 Å². The number of carbonyl (C=O) groups excluding carboxylic acids is 4. The minimum atomic E-state index is -1.39. The van der Waals surface area contributed by atoms with Crippen LogP contribution in [0.2, 0.25) is 0 Å². The highest BCUT2D eigenvalue weighted by atomic mass is 16.6. The largest absolute Gasteiger partial charge is 0.497 e. The second kappa shape index (κ2) is 16.2. The first kappa shape index (κ1) is 36.3.